The number of aromatic nitrogens is 1. The fourth-order valence-corrected chi connectivity index (χ4v) is 8.90. The third-order valence-corrected chi connectivity index (χ3v) is 11.4. The van der Waals surface area contributed by atoms with Crippen LogP contribution in [0.25, 0.3) is 99.2 Å². The van der Waals surface area contributed by atoms with E-state index in [1.54, 1.807) is 0 Å². The molecule has 2 aromatic heterocycles. The van der Waals surface area contributed by atoms with Gasteiger partial charge >= 0.3 is 0 Å². The highest BCUT2D eigenvalue weighted by Crippen LogP contribution is 2.51. The third-order valence-electron chi connectivity index (χ3n) is 11.4. The Balaban J connectivity index is 1.19. The molecule has 2 heteroatoms. The molecule has 10 aromatic rings. The summed E-state index contributed by atoms with van der Waals surface area (Å²) in [5.41, 5.74) is 16.5. The molecule has 11 rings (SSSR count). The van der Waals surface area contributed by atoms with E-state index in [2.05, 4.69) is 164 Å². The van der Waals surface area contributed by atoms with E-state index in [4.69, 9.17) is 4.42 Å². The van der Waals surface area contributed by atoms with Gasteiger partial charge in [0.25, 0.3) is 0 Å². The highest BCUT2D eigenvalue weighted by molar-refractivity contribution is 6.22. The van der Waals surface area contributed by atoms with Crippen LogP contribution in [0.4, 0.5) is 0 Å². The quantitative estimate of drug-likeness (QED) is 0.174. The third kappa shape index (κ3) is 4.55. The van der Waals surface area contributed by atoms with Crippen LogP contribution in [0.1, 0.15) is 24.0 Å². The summed E-state index contributed by atoms with van der Waals surface area (Å²) >= 11 is 0. The topological polar surface area (TPSA) is 26.0 Å². The van der Waals surface area contributed by atoms with Gasteiger partial charge in [0.05, 0.1) is 5.69 Å². The minimum Gasteiger partial charge on any atom is -0.455 e. The summed E-state index contributed by atoms with van der Waals surface area (Å²) in [5.74, 6) is 0.313. The number of furan rings is 1. The first-order valence-corrected chi connectivity index (χ1v) is 18.4. The van der Waals surface area contributed by atoms with Gasteiger partial charge in [-0.05, 0) is 108 Å². The van der Waals surface area contributed by atoms with Crippen LogP contribution in [0, 0.1) is 0 Å². The molecule has 0 N–H and O–H groups in total. The largest absolute Gasteiger partial charge is 0.455 e. The second kappa shape index (κ2) is 11.6. The van der Waals surface area contributed by atoms with Gasteiger partial charge in [0.2, 0.25) is 0 Å². The van der Waals surface area contributed by atoms with Crippen molar-refractivity contribution in [1.82, 2.24) is 4.98 Å². The molecule has 0 saturated heterocycles. The zero-order valence-electron chi connectivity index (χ0n) is 29.2. The maximum Gasteiger partial charge on any atom is 0.143 e. The monoisotopic (exact) mass is 675 g/mol. The lowest BCUT2D eigenvalue weighted by atomic mass is 9.83. The number of hydrogen-bond donors (Lipinski definition) is 0. The number of para-hydroxylation sites is 2. The maximum absolute atomic E-state index is 6.52. The minimum atomic E-state index is 0.313. The van der Waals surface area contributed by atoms with Gasteiger partial charge in [0, 0.05) is 34.0 Å². The first-order chi connectivity index (χ1) is 26.2. The van der Waals surface area contributed by atoms with Crippen molar-refractivity contribution in [3.05, 3.63) is 187 Å². The zero-order chi connectivity index (χ0) is 35.0. The Hall–Kier alpha value is -6.77. The Bertz CT molecular complexity index is 3060. The number of hydrogen-bond acceptors (Lipinski definition) is 2. The van der Waals surface area contributed by atoms with Crippen LogP contribution in [0.5, 0.6) is 0 Å². The number of benzene rings is 8. The lowest BCUT2D eigenvalue weighted by molar-refractivity contribution is 0.670. The normalized spacial score (nSPS) is 13.6. The molecule has 8 aromatic carbocycles. The molecule has 0 amide bonds. The summed E-state index contributed by atoms with van der Waals surface area (Å²) in [6.45, 7) is 2.35. The van der Waals surface area contributed by atoms with Crippen molar-refractivity contribution in [3.8, 4) is 55.8 Å². The molecule has 248 valence electrons. The van der Waals surface area contributed by atoms with Gasteiger partial charge in [-0.3, -0.25) is 4.98 Å². The molecule has 1 unspecified atom stereocenters. The fourth-order valence-electron chi connectivity index (χ4n) is 8.90. The first-order valence-electron chi connectivity index (χ1n) is 18.4. The van der Waals surface area contributed by atoms with E-state index in [0.29, 0.717) is 5.92 Å². The van der Waals surface area contributed by atoms with Crippen LogP contribution in [-0.2, 0) is 0 Å². The lowest BCUT2D eigenvalue weighted by Crippen LogP contribution is -1.95. The number of pyridine rings is 1. The molecule has 2 heterocycles. The predicted molar refractivity (Wildman–Crippen MR) is 221 cm³/mol. The first kappa shape index (κ1) is 29.9. The average molecular weight is 676 g/mol. The van der Waals surface area contributed by atoms with Gasteiger partial charge < -0.3 is 4.42 Å². The molecule has 0 bridgehead atoms. The maximum atomic E-state index is 6.52. The van der Waals surface area contributed by atoms with E-state index in [-0.39, 0.29) is 0 Å². The van der Waals surface area contributed by atoms with E-state index < -0.39 is 0 Å². The second-order valence-electron chi connectivity index (χ2n) is 14.2. The molecule has 1 aliphatic rings. The van der Waals surface area contributed by atoms with Crippen LogP contribution in [0.2, 0.25) is 0 Å². The van der Waals surface area contributed by atoms with Crippen LogP contribution >= 0.6 is 0 Å². The molecule has 1 atom stereocenters. The summed E-state index contributed by atoms with van der Waals surface area (Å²) in [7, 11) is 0. The van der Waals surface area contributed by atoms with Crippen molar-refractivity contribution in [3.63, 3.8) is 0 Å². The molecule has 1 aliphatic carbocycles. The van der Waals surface area contributed by atoms with Crippen molar-refractivity contribution in [1.29, 1.82) is 0 Å². The highest BCUT2D eigenvalue weighted by atomic mass is 16.3. The van der Waals surface area contributed by atoms with E-state index in [1.807, 2.05) is 24.4 Å². The van der Waals surface area contributed by atoms with E-state index >= 15 is 0 Å². The van der Waals surface area contributed by atoms with Gasteiger partial charge in [0.1, 0.15) is 11.2 Å². The van der Waals surface area contributed by atoms with Crippen molar-refractivity contribution in [2.24, 2.45) is 0 Å². The van der Waals surface area contributed by atoms with Gasteiger partial charge in [-0.15, -0.1) is 0 Å². The Morgan fingerprint density at radius 1 is 0.415 bits per heavy atom. The van der Waals surface area contributed by atoms with Gasteiger partial charge in [0.15, 0.2) is 0 Å². The Morgan fingerprint density at radius 3 is 1.89 bits per heavy atom. The van der Waals surface area contributed by atoms with Crippen LogP contribution in [0.3, 0.4) is 0 Å². The Kier molecular flexibility index (Phi) is 6.56. The summed E-state index contributed by atoms with van der Waals surface area (Å²) in [6.07, 6.45) is 1.86. The number of fused-ring (bicyclic) bond motifs is 8. The summed E-state index contributed by atoms with van der Waals surface area (Å²) in [4.78, 5) is 4.61. The molecule has 0 spiro atoms. The van der Waals surface area contributed by atoms with Crippen LogP contribution in [0.15, 0.2) is 180 Å². The lowest BCUT2D eigenvalue weighted by Gasteiger charge is -2.20. The smallest absolute Gasteiger partial charge is 0.143 e. The van der Waals surface area contributed by atoms with Gasteiger partial charge in [-0.2, -0.15) is 0 Å². The highest BCUT2D eigenvalue weighted by Gasteiger charge is 2.28. The summed E-state index contributed by atoms with van der Waals surface area (Å²) < 4.78 is 6.52. The standard InChI is InChI=1S/C51H33NO/c1-31-36-14-2-3-15-38(36)44-30-46-45(29-43(31)44)49(33-25-23-32(24-26-33)47-21-8-9-27-52-47)40-17-4-5-18-41(40)50(46)35-13-10-12-34(28-35)37-19-11-20-42-39-16-6-7-22-48(39)53-51(37)42/h2-31H,1H3. The summed E-state index contributed by atoms with van der Waals surface area (Å²) in [5, 5.41) is 7.29. The van der Waals surface area contributed by atoms with Crippen molar-refractivity contribution < 1.29 is 4.42 Å². The van der Waals surface area contributed by atoms with Crippen molar-refractivity contribution in [2.45, 2.75) is 12.8 Å². The average Bonchev–Trinajstić information content (AvgIpc) is 3.74. The van der Waals surface area contributed by atoms with Gasteiger partial charge in [-0.1, -0.05) is 140 Å². The Labute approximate surface area is 307 Å². The number of nitrogens with zero attached hydrogens (tertiary/aromatic N) is 1. The number of rotatable bonds is 4. The molecule has 0 saturated carbocycles. The van der Waals surface area contributed by atoms with Crippen molar-refractivity contribution >= 4 is 43.5 Å². The molecule has 0 radical (unpaired) electrons. The van der Waals surface area contributed by atoms with Gasteiger partial charge in [-0.25, -0.2) is 0 Å². The molecule has 0 fully saturated rings. The van der Waals surface area contributed by atoms with E-state index in [0.717, 1.165) is 44.3 Å². The molecular weight excluding hydrogens is 643 g/mol. The Morgan fingerprint density at radius 2 is 1.06 bits per heavy atom. The molecule has 0 aliphatic heterocycles. The predicted octanol–water partition coefficient (Wildman–Crippen LogP) is 14.1. The molecular formula is C51H33NO. The van der Waals surface area contributed by atoms with E-state index in [1.165, 1.54) is 66.1 Å². The molecule has 2 nitrogen and oxygen atoms in total. The fraction of sp³-hybridized carbons (Fsp3) is 0.0392. The SMILES string of the molecule is CC1c2ccccc2-c2cc3c(-c4cccc(-c5cccc6c5oc5ccccc56)c4)c4ccccc4c(-c4ccc(-c5ccccn5)cc4)c3cc21. The van der Waals surface area contributed by atoms with Crippen LogP contribution < -0.4 is 0 Å². The second-order valence-corrected chi connectivity index (χ2v) is 14.2. The van der Waals surface area contributed by atoms with Crippen molar-refractivity contribution in [2.75, 3.05) is 0 Å². The van der Waals surface area contributed by atoms with E-state index in [9.17, 15) is 0 Å². The summed E-state index contributed by atoms with van der Waals surface area (Å²) in [6, 6.07) is 61.7. The van der Waals surface area contributed by atoms with Crippen LogP contribution in [-0.4, -0.2) is 4.98 Å². The molecule has 53 heavy (non-hydrogen) atoms. The zero-order valence-corrected chi connectivity index (χ0v) is 29.2. The minimum absolute atomic E-state index is 0.313.